The number of hydrogen-bond acceptors (Lipinski definition) is 4. The van der Waals surface area contributed by atoms with Crippen molar-refractivity contribution in [2.24, 2.45) is 0 Å². The molecule has 2 aromatic carbocycles. The average Bonchev–Trinajstić information content (AvgIpc) is 3.17. The Morgan fingerprint density at radius 2 is 1.88 bits per heavy atom. The second-order valence-corrected chi connectivity index (χ2v) is 6.22. The second kappa shape index (κ2) is 7.14. The van der Waals surface area contributed by atoms with Crippen molar-refractivity contribution in [2.45, 2.75) is 6.54 Å². The van der Waals surface area contributed by atoms with Crippen LogP contribution in [0.4, 0.5) is 0 Å². The fraction of sp³-hybridized carbons (Fsp3) is 0.150. The summed E-state index contributed by atoms with van der Waals surface area (Å²) in [5.41, 5.74) is 2.50. The van der Waals surface area contributed by atoms with E-state index in [1.807, 2.05) is 36.4 Å². The molecule has 3 aromatic rings. The number of ether oxygens (including phenoxy) is 2. The number of furan rings is 1. The van der Waals surface area contributed by atoms with Gasteiger partial charge in [0.05, 0.1) is 11.3 Å². The van der Waals surface area contributed by atoms with Gasteiger partial charge in [-0.15, -0.1) is 0 Å². The van der Waals surface area contributed by atoms with Gasteiger partial charge in [-0.05, 0) is 29.3 Å². The Kier molecular flexibility index (Phi) is 4.54. The Balaban J connectivity index is 1.50. The molecule has 0 atom stereocenters. The second-order valence-electron chi connectivity index (χ2n) is 5.81. The lowest BCUT2D eigenvalue weighted by Crippen LogP contribution is -2.23. The summed E-state index contributed by atoms with van der Waals surface area (Å²) in [7, 11) is 0. The Morgan fingerprint density at radius 3 is 2.73 bits per heavy atom. The summed E-state index contributed by atoms with van der Waals surface area (Å²) in [4.78, 5) is 12.6. The molecule has 0 fully saturated rings. The molecule has 0 unspecified atom stereocenters. The van der Waals surface area contributed by atoms with Crippen molar-refractivity contribution < 1.29 is 18.7 Å². The van der Waals surface area contributed by atoms with Crippen LogP contribution in [0.3, 0.4) is 0 Å². The molecule has 1 aliphatic rings. The Hall–Kier alpha value is -2.92. The maximum atomic E-state index is 12.6. The smallest absolute Gasteiger partial charge is 0.287 e. The first-order valence-corrected chi connectivity index (χ1v) is 8.59. The minimum atomic E-state index is -0.292. The first-order valence-electron chi connectivity index (χ1n) is 8.21. The highest BCUT2D eigenvalue weighted by Gasteiger charge is 2.19. The Morgan fingerprint density at radius 1 is 1.08 bits per heavy atom. The van der Waals surface area contributed by atoms with Gasteiger partial charge in [0, 0.05) is 12.1 Å². The summed E-state index contributed by atoms with van der Waals surface area (Å²) < 4.78 is 16.5. The third kappa shape index (κ3) is 3.26. The van der Waals surface area contributed by atoms with E-state index in [0.717, 1.165) is 16.7 Å². The predicted molar refractivity (Wildman–Crippen MR) is 97.8 cm³/mol. The predicted octanol–water partition coefficient (Wildman–Crippen LogP) is 4.30. The highest BCUT2D eigenvalue weighted by molar-refractivity contribution is 6.32. The SMILES string of the molecule is O=C(NCc1cc(Cl)c2c(c1)OCCO2)c1occc1-c1ccccc1. The van der Waals surface area contributed by atoms with Crippen LogP contribution in [0.15, 0.2) is 59.2 Å². The van der Waals surface area contributed by atoms with Gasteiger partial charge in [0.2, 0.25) is 0 Å². The number of benzene rings is 2. The molecule has 26 heavy (non-hydrogen) atoms. The van der Waals surface area contributed by atoms with Gasteiger partial charge in [-0.25, -0.2) is 0 Å². The van der Waals surface area contributed by atoms with Gasteiger partial charge in [0.25, 0.3) is 5.91 Å². The van der Waals surface area contributed by atoms with Crippen LogP contribution in [0.25, 0.3) is 11.1 Å². The molecule has 4 rings (SSSR count). The molecule has 0 saturated carbocycles. The van der Waals surface area contributed by atoms with E-state index in [-0.39, 0.29) is 11.7 Å². The van der Waals surface area contributed by atoms with E-state index in [1.54, 1.807) is 12.1 Å². The van der Waals surface area contributed by atoms with Gasteiger partial charge < -0.3 is 19.2 Å². The lowest BCUT2D eigenvalue weighted by molar-refractivity contribution is 0.0924. The van der Waals surface area contributed by atoms with Crippen molar-refractivity contribution in [3.63, 3.8) is 0 Å². The third-order valence-corrected chi connectivity index (χ3v) is 4.35. The fourth-order valence-corrected chi connectivity index (χ4v) is 3.15. The first kappa shape index (κ1) is 16.5. The zero-order valence-electron chi connectivity index (χ0n) is 13.8. The van der Waals surface area contributed by atoms with Crippen LogP contribution in [0, 0.1) is 0 Å². The lowest BCUT2D eigenvalue weighted by Gasteiger charge is -2.20. The lowest BCUT2D eigenvalue weighted by atomic mass is 10.1. The van der Waals surface area contributed by atoms with Crippen LogP contribution in [0.2, 0.25) is 5.02 Å². The molecule has 0 spiro atoms. The molecule has 132 valence electrons. The minimum absolute atomic E-state index is 0.278. The van der Waals surface area contributed by atoms with E-state index < -0.39 is 0 Å². The molecule has 1 aliphatic heterocycles. The van der Waals surface area contributed by atoms with E-state index >= 15 is 0 Å². The van der Waals surface area contributed by atoms with Gasteiger partial charge in [-0.3, -0.25) is 4.79 Å². The standard InChI is InChI=1S/C20H16ClNO4/c21-16-10-13(11-17-19(16)26-9-8-24-17)12-22-20(23)18-15(6-7-25-18)14-4-2-1-3-5-14/h1-7,10-11H,8-9,12H2,(H,22,23). The van der Waals surface area contributed by atoms with Gasteiger partial charge in [0.1, 0.15) is 13.2 Å². The van der Waals surface area contributed by atoms with Crippen molar-refractivity contribution in [3.05, 3.63) is 71.1 Å². The van der Waals surface area contributed by atoms with Gasteiger partial charge in [0.15, 0.2) is 17.3 Å². The summed E-state index contributed by atoms with van der Waals surface area (Å²) in [5, 5.41) is 3.32. The zero-order valence-corrected chi connectivity index (χ0v) is 14.6. The van der Waals surface area contributed by atoms with Crippen molar-refractivity contribution in [2.75, 3.05) is 13.2 Å². The van der Waals surface area contributed by atoms with Crippen molar-refractivity contribution in [1.82, 2.24) is 5.32 Å². The van der Waals surface area contributed by atoms with E-state index in [9.17, 15) is 4.79 Å². The molecule has 2 heterocycles. The average molecular weight is 370 g/mol. The molecule has 1 amide bonds. The van der Waals surface area contributed by atoms with Gasteiger partial charge in [-0.1, -0.05) is 41.9 Å². The summed E-state index contributed by atoms with van der Waals surface area (Å²) in [6, 6.07) is 15.0. The van der Waals surface area contributed by atoms with Crippen LogP contribution in [-0.2, 0) is 6.54 Å². The van der Waals surface area contributed by atoms with Crippen LogP contribution < -0.4 is 14.8 Å². The Labute approximate surface area is 155 Å². The summed E-state index contributed by atoms with van der Waals surface area (Å²) in [5.74, 6) is 1.13. The molecule has 5 nitrogen and oxygen atoms in total. The third-order valence-electron chi connectivity index (χ3n) is 4.07. The summed E-state index contributed by atoms with van der Waals surface area (Å²) in [6.07, 6.45) is 1.51. The van der Waals surface area contributed by atoms with Crippen LogP contribution in [0.5, 0.6) is 11.5 Å². The number of halogens is 1. The molecular weight excluding hydrogens is 354 g/mol. The number of rotatable bonds is 4. The largest absolute Gasteiger partial charge is 0.486 e. The highest BCUT2D eigenvalue weighted by Crippen LogP contribution is 2.38. The number of hydrogen-bond donors (Lipinski definition) is 1. The van der Waals surface area contributed by atoms with Crippen LogP contribution >= 0.6 is 11.6 Å². The monoisotopic (exact) mass is 369 g/mol. The number of carbonyl (C=O) groups excluding carboxylic acids is 1. The maximum Gasteiger partial charge on any atom is 0.287 e. The molecule has 0 aliphatic carbocycles. The number of fused-ring (bicyclic) bond motifs is 1. The van der Waals surface area contributed by atoms with E-state index in [2.05, 4.69) is 5.32 Å². The normalized spacial score (nSPS) is 12.7. The van der Waals surface area contributed by atoms with Crippen molar-refractivity contribution in [1.29, 1.82) is 0 Å². The van der Waals surface area contributed by atoms with Crippen molar-refractivity contribution in [3.8, 4) is 22.6 Å². The van der Waals surface area contributed by atoms with E-state index in [1.165, 1.54) is 6.26 Å². The quantitative estimate of drug-likeness (QED) is 0.744. The van der Waals surface area contributed by atoms with Crippen molar-refractivity contribution >= 4 is 17.5 Å². The molecule has 0 radical (unpaired) electrons. The number of carbonyl (C=O) groups is 1. The first-order chi connectivity index (χ1) is 12.7. The molecule has 1 aromatic heterocycles. The van der Waals surface area contributed by atoms with Crippen LogP contribution in [-0.4, -0.2) is 19.1 Å². The summed E-state index contributed by atoms with van der Waals surface area (Å²) in [6.45, 7) is 1.25. The number of amides is 1. The molecule has 6 heteroatoms. The molecule has 1 N–H and O–H groups in total. The molecule has 0 saturated heterocycles. The molecule has 0 bridgehead atoms. The zero-order chi connectivity index (χ0) is 17.9. The Bertz CT molecular complexity index is 936. The summed E-state index contributed by atoms with van der Waals surface area (Å²) >= 11 is 6.23. The van der Waals surface area contributed by atoms with E-state index in [0.29, 0.717) is 36.3 Å². The van der Waals surface area contributed by atoms with Gasteiger partial charge >= 0.3 is 0 Å². The minimum Gasteiger partial charge on any atom is -0.486 e. The number of nitrogens with one attached hydrogen (secondary N) is 1. The molecular formula is C20H16ClNO4. The topological polar surface area (TPSA) is 60.7 Å². The van der Waals surface area contributed by atoms with E-state index in [4.69, 9.17) is 25.5 Å². The van der Waals surface area contributed by atoms with Crippen LogP contribution in [0.1, 0.15) is 16.1 Å². The maximum absolute atomic E-state index is 12.6. The van der Waals surface area contributed by atoms with Gasteiger partial charge in [-0.2, -0.15) is 0 Å². The highest BCUT2D eigenvalue weighted by atomic mass is 35.5. The fourth-order valence-electron chi connectivity index (χ4n) is 2.86.